The summed E-state index contributed by atoms with van der Waals surface area (Å²) in [5, 5.41) is 2.09. The molecule has 1 amide bonds. The number of anilines is 2. The van der Waals surface area contributed by atoms with Crippen LogP contribution in [0.15, 0.2) is 36.0 Å². The number of aldehydes is 1. The largest absolute Gasteiger partial charge is 0.443 e. The normalized spacial score (nSPS) is 11.4. The van der Waals surface area contributed by atoms with Gasteiger partial charge in [0, 0.05) is 5.56 Å². The first kappa shape index (κ1) is 18.3. The summed E-state index contributed by atoms with van der Waals surface area (Å²) >= 11 is 7.73. The Morgan fingerprint density at radius 2 is 2.04 bits per heavy atom. The molecule has 3 rings (SSSR count). The standard InChI is InChI=1S/C18H16ClN3O3S/c1-18(2,3)25-17(24)22(14-11(9-23)5-4-6-12(14)19)16-15-13(7-8-26-15)20-10-21-16/h4-10H,1-3H3. The van der Waals surface area contributed by atoms with E-state index in [9.17, 15) is 9.59 Å². The van der Waals surface area contributed by atoms with Crippen molar-refractivity contribution in [2.75, 3.05) is 4.90 Å². The van der Waals surface area contributed by atoms with Crippen LogP contribution < -0.4 is 4.90 Å². The number of hydrogen-bond acceptors (Lipinski definition) is 6. The quantitative estimate of drug-likeness (QED) is 0.573. The van der Waals surface area contributed by atoms with E-state index in [1.165, 1.54) is 22.6 Å². The Morgan fingerprint density at radius 3 is 2.73 bits per heavy atom. The minimum Gasteiger partial charge on any atom is -0.443 e. The molecule has 2 aromatic heterocycles. The van der Waals surface area contributed by atoms with Crippen molar-refractivity contribution in [2.24, 2.45) is 0 Å². The van der Waals surface area contributed by atoms with Gasteiger partial charge in [-0.3, -0.25) is 4.79 Å². The summed E-state index contributed by atoms with van der Waals surface area (Å²) in [6, 6.07) is 6.65. The minimum atomic E-state index is -0.737. The van der Waals surface area contributed by atoms with E-state index in [0.717, 1.165) is 0 Å². The van der Waals surface area contributed by atoms with Gasteiger partial charge in [0.2, 0.25) is 0 Å². The lowest BCUT2D eigenvalue weighted by Crippen LogP contribution is -2.35. The second kappa shape index (κ2) is 7.01. The molecule has 0 aliphatic heterocycles. The van der Waals surface area contributed by atoms with Crippen molar-refractivity contribution < 1.29 is 14.3 Å². The Bertz CT molecular complexity index is 981. The van der Waals surface area contributed by atoms with E-state index in [1.807, 2.05) is 11.4 Å². The van der Waals surface area contributed by atoms with E-state index in [2.05, 4.69) is 9.97 Å². The van der Waals surface area contributed by atoms with Gasteiger partial charge < -0.3 is 4.74 Å². The monoisotopic (exact) mass is 389 g/mol. The van der Waals surface area contributed by atoms with Crippen LogP contribution >= 0.6 is 22.9 Å². The fourth-order valence-electron chi connectivity index (χ4n) is 2.39. The van der Waals surface area contributed by atoms with Crippen molar-refractivity contribution in [3.05, 3.63) is 46.6 Å². The lowest BCUT2D eigenvalue weighted by Gasteiger charge is -2.28. The predicted octanol–water partition coefficient (Wildman–Crippen LogP) is 5.23. The summed E-state index contributed by atoms with van der Waals surface area (Å²) in [7, 11) is 0. The second-order valence-electron chi connectivity index (χ2n) is 6.44. The molecule has 0 aliphatic rings. The molecule has 6 nitrogen and oxygen atoms in total. The van der Waals surface area contributed by atoms with E-state index < -0.39 is 11.7 Å². The summed E-state index contributed by atoms with van der Waals surface area (Å²) in [5.74, 6) is 0.315. The lowest BCUT2D eigenvalue weighted by atomic mass is 10.1. The molecule has 0 atom stereocenters. The number of carbonyl (C=O) groups excluding carboxylic acids is 2. The highest BCUT2D eigenvalue weighted by Crippen LogP contribution is 2.38. The maximum atomic E-state index is 13.0. The molecule has 0 unspecified atom stereocenters. The van der Waals surface area contributed by atoms with Gasteiger partial charge in [0.15, 0.2) is 12.1 Å². The third-order valence-corrected chi connectivity index (χ3v) is 4.59. The molecule has 0 saturated carbocycles. The summed E-state index contributed by atoms with van der Waals surface area (Å²) in [6.45, 7) is 5.28. The number of ether oxygens (including phenoxy) is 1. The Balaban J connectivity index is 2.26. The highest BCUT2D eigenvalue weighted by molar-refractivity contribution is 7.17. The highest BCUT2D eigenvalue weighted by Gasteiger charge is 2.30. The van der Waals surface area contributed by atoms with Crippen LogP contribution in [0.1, 0.15) is 31.1 Å². The van der Waals surface area contributed by atoms with Crippen molar-refractivity contribution in [1.82, 2.24) is 9.97 Å². The second-order valence-corrected chi connectivity index (χ2v) is 7.77. The summed E-state index contributed by atoms with van der Waals surface area (Å²) < 4.78 is 6.24. The van der Waals surface area contributed by atoms with Crippen LogP contribution in [0.4, 0.5) is 16.3 Å². The van der Waals surface area contributed by atoms with E-state index in [1.54, 1.807) is 39.0 Å². The van der Waals surface area contributed by atoms with E-state index >= 15 is 0 Å². The molecule has 0 bridgehead atoms. The molecule has 134 valence electrons. The first-order valence-electron chi connectivity index (χ1n) is 7.77. The van der Waals surface area contributed by atoms with Crippen LogP contribution in [0.2, 0.25) is 5.02 Å². The summed E-state index contributed by atoms with van der Waals surface area (Å²) in [5.41, 5.74) is 0.436. The smallest absolute Gasteiger partial charge is 0.420 e. The number of rotatable bonds is 3. The van der Waals surface area contributed by atoms with Crippen LogP contribution in [0, 0.1) is 0 Å². The number of benzene rings is 1. The molecule has 0 N–H and O–H groups in total. The van der Waals surface area contributed by atoms with Crippen LogP contribution in [-0.4, -0.2) is 27.9 Å². The third kappa shape index (κ3) is 3.54. The fourth-order valence-corrected chi connectivity index (χ4v) is 3.48. The molecular weight excluding hydrogens is 374 g/mol. The van der Waals surface area contributed by atoms with Gasteiger partial charge in [-0.1, -0.05) is 17.7 Å². The Labute approximate surface area is 159 Å². The molecule has 1 aromatic carbocycles. The molecule has 0 spiro atoms. The Kier molecular flexibility index (Phi) is 4.93. The number of amides is 1. The summed E-state index contributed by atoms with van der Waals surface area (Å²) in [6.07, 6.45) is 1.33. The summed E-state index contributed by atoms with van der Waals surface area (Å²) in [4.78, 5) is 34.3. The van der Waals surface area contributed by atoms with Gasteiger partial charge in [-0.25, -0.2) is 19.7 Å². The molecule has 26 heavy (non-hydrogen) atoms. The molecule has 0 radical (unpaired) electrons. The molecule has 0 aliphatic carbocycles. The number of halogens is 1. The number of carbonyl (C=O) groups is 2. The van der Waals surface area contributed by atoms with Gasteiger partial charge in [0.25, 0.3) is 0 Å². The number of para-hydroxylation sites is 1. The van der Waals surface area contributed by atoms with Gasteiger partial charge in [-0.15, -0.1) is 11.3 Å². The molecule has 8 heteroatoms. The number of thiophene rings is 1. The molecule has 3 aromatic rings. The lowest BCUT2D eigenvalue weighted by molar-refractivity contribution is 0.0598. The molecule has 0 fully saturated rings. The number of fused-ring (bicyclic) bond motifs is 1. The maximum Gasteiger partial charge on any atom is 0.420 e. The van der Waals surface area contributed by atoms with Crippen LogP contribution in [0.5, 0.6) is 0 Å². The Morgan fingerprint density at radius 1 is 1.27 bits per heavy atom. The minimum absolute atomic E-state index is 0.229. The van der Waals surface area contributed by atoms with Gasteiger partial charge in [0.1, 0.15) is 11.9 Å². The van der Waals surface area contributed by atoms with Crippen LogP contribution in [0.25, 0.3) is 10.2 Å². The SMILES string of the molecule is CC(C)(C)OC(=O)N(c1c(Cl)cccc1C=O)c1ncnc2ccsc12. The topological polar surface area (TPSA) is 72.4 Å². The number of aromatic nitrogens is 2. The van der Waals surface area contributed by atoms with Gasteiger partial charge in [-0.2, -0.15) is 0 Å². The zero-order valence-electron chi connectivity index (χ0n) is 14.4. The number of hydrogen-bond donors (Lipinski definition) is 0. The predicted molar refractivity (Wildman–Crippen MR) is 103 cm³/mol. The average Bonchev–Trinajstić information content (AvgIpc) is 3.04. The van der Waals surface area contributed by atoms with E-state index in [0.29, 0.717) is 22.3 Å². The van der Waals surface area contributed by atoms with E-state index in [4.69, 9.17) is 16.3 Å². The number of nitrogens with zero attached hydrogens (tertiary/aromatic N) is 3. The first-order chi connectivity index (χ1) is 12.3. The van der Waals surface area contributed by atoms with Crippen molar-refractivity contribution >= 4 is 57.0 Å². The van der Waals surface area contributed by atoms with Crippen molar-refractivity contribution in [1.29, 1.82) is 0 Å². The van der Waals surface area contributed by atoms with E-state index in [-0.39, 0.29) is 16.3 Å². The first-order valence-corrected chi connectivity index (χ1v) is 9.02. The molecule has 2 heterocycles. The van der Waals surface area contributed by atoms with Crippen molar-refractivity contribution in [3.8, 4) is 0 Å². The fraction of sp³-hybridized carbons (Fsp3) is 0.222. The molecular formula is C18H16ClN3O3S. The van der Waals surface area contributed by atoms with Crippen molar-refractivity contribution in [3.63, 3.8) is 0 Å². The zero-order valence-corrected chi connectivity index (χ0v) is 16.0. The van der Waals surface area contributed by atoms with Crippen molar-refractivity contribution in [2.45, 2.75) is 26.4 Å². The van der Waals surface area contributed by atoms with Gasteiger partial charge in [0.05, 0.1) is 20.9 Å². The van der Waals surface area contributed by atoms with Gasteiger partial charge >= 0.3 is 6.09 Å². The molecule has 0 saturated heterocycles. The Hall–Kier alpha value is -2.51. The maximum absolute atomic E-state index is 13.0. The van der Waals surface area contributed by atoms with Gasteiger partial charge in [-0.05, 0) is 44.4 Å². The van der Waals surface area contributed by atoms with Crippen LogP contribution in [-0.2, 0) is 4.74 Å². The zero-order chi connectivity index (χ0) is 18.9. The van der Waals surface area contributed by atoms with Crippen LogP contribution in [0.3, 0.4) is 0 Å². The highest BCUT2D eigenvalue weighted by atomic mass is 35.5. The average molecular weight is 390 g/mol. The third-order valence-electron chi connectivity index (χ3n) is 3.38.